The summed E-state index contributed by atoms with van der Waals surface area (Å²) in [7, 11) is 0. The summed E-state index contributed by atoms with van der Waals surface area (Å²) in [5.74, 6) is 0.184. The van der Waals surface area contributed by atoms with Crippen molar-refractivity contribution in [3.63, 3.8) is 0 Å². The standard InChI is InChI=1S/C17H21NO5/c19-16(18-6-8-22-13(11-18)10-17(20)21)9-12-5-7-23-15-4-2-1-3-14(12)15/h1-4,12-13H,5-11H2,(H,20,21)/t12-,13-/m0/s1. The zero-order valence-electron chi connectivity index (χ0n) is 12.9. The lowest BCUT2D eigenvalue weighted by Gasteiger charge is -2.34. The van der Waals surface area contributed by atoms with Crippen molar-refractivity contribution in [2.24, 2.45) is 0 Å². The summed E-state index contributed by atoms with van der Waals surface area (Å²) in [5, 5.41) is 8.86. The van der Waals surface area contributed by atoms with Crippen LogP contribution in [0.3, 0.4) is 0 Å². The lowest BCUT2D eigenvalue weighted by molar-refractivity contribution is -0.148. The molecule has 1 N–H and O–H groups in total. The van der Waals surface area contributed by atoms with Gasteiger partial charge in [0.2, 0.25) is 5.91 Å². The summed E-state index contributed by atoms with van der Waals surface area (Å²) in [6, 6.07) is 7.84. The lowest BCUT2D eigenvalue weighted by Crippen LogP contribution is -2.46. The van der Waals surface area contributed by atoms with Crippen LogP contribution >= 0.6 is 0 Å². The summed E-state index contributed by atoms with van der Waals surface area (Å²) < 4.78 is 11.1. The van der Waals surface area contributed by atoms with Gasteiger partial charge in [-0.3, -0.25) is 9.59 Å². The van der Waals surface area contributed by atoms with Crippen molar-refractivity contribution in [2.45, 2.75) is 31.3 Å². The maximum atomic E-state index is 12.6. The quantitative estimate of drug-likeness (QED) is 0.913. The molecular weight excluding hydrogens is 298 g/mol. The number of fused-ring (bicyclic) bond motifs is 1. The third-order valence-electron chi connectivity index (χ3n) is 4.40. The first-order valence-electron chi connectivity index (χ1n) is 7.96. The molecule has 0 spiro atoms. The highest BCUT2D eigenvalue weighted by molar-refractivity contribution is 5.77. The largest absolute Gasteiger partial charge is 0.493 e. The van der Waals surface area contributed by atoms with Gasteiger partial charge in [-0.25, -0.2) is 0 Å². The number of nitrogens with zero attached hydrogens (tertiary/aromatic N) is 1. The Kier molecular flexibility index (Phi) is 4.81. The van der Waals surface area contributed by atoms with E-state index in [-0.39, 0.29) is 18.2 Å². The van der Waals surface area contributed by atoms with Crippen molar-refractivity contribution >= 4 is 11.9 Å². The predicted molar refractivity (Wildman–Crippen MR) is 82.5 cm³/mol. The molecule has 6 nitrogen and oxygen atoms in total. The third kappa shape index (κ3) is 3.82. The van der Waals surface area contributed by atoms with E-state index in [1.54, 1.807) is 4.90 Å². The second-order valence-corrected chi connectivity index (χ2v) is 6.01. The average molecular weight is 319 g/mol. The van der Waals surface area contributed by atoms with Crippen molar-refractivity contribution < 1.29 is 24.2 Å². The number of carbonyl (C=O) groups is 2. The number of amides is 1. The van der Waals surface area contributed by atoms with E-state index < -0.39 is 12.1 Å². The molecule has 0 aliphatic carbocycles. The van der Waals surface area contributed by atoms with Gasteiger partial charge in [0.1, 0.15) is 5.75 Å². The fourth-order valence-electron chi connectivity index (χ4n) is 3.23. The van der Waals surface area contributed by atoms with E-state index in [1.807, 2.05) is 24.3 Å². The topological polar surface area (TPSA) is 76.1 Å². The maximum absolute atomic E-state index is 12.6. The Balaban J connectivity index is 1.62. The van der Waals surface area contributed by atoms with Gasteiger partial charge in [0.25, 0.3) is 0 Å². The molecule has 1 fully saturated rings. The van der Waals surface area contributed by atoms with Crippen molar-refractivity contribution in [1.82, 2.24) is 4.90 Å². The predicted octanol–water partition coefficient (Wildman–Crippen LogP) is 1.64. The van der Waals surface area contributed by atoms with E-state index in [0.29, 0.717) is 32.7 Å². The Bertz CT molecular complexity index is 588. The van der Waals surface area contributed by atoms with Crippen LogP contribution in [0, 0.1) is 0 Å². The summed E-state index contributed by atoms with van der Waals surface area (Å²) in [6.45, 7) is 1.91. The van der Waals surface area contributed by atoms with Crippen LogP contribution in [-0.2, 0) is 14.3 Å². The highest BCUT2D eigenvalue weighted by atomic mass is 16.5. The van der Waals surface area contributed by atoms with Gasteiger partial charge in [-0.1, -0.05) is 18.2 Å². The Morgan fingerprint density at radius 2 is 2.04 bits per heavy atom. The van der Waals surface area contributed by atoms with Gasteiger partial charge < -0.3 is 19.5 Å². The highest BCUT2D eigenvalue weighted by Crippen LogP contribution is 2.35. The number of carboxylic acid groups (broad SMARTS) is 1. The number of aliphatic carboxylic acids is 1. The second kappa shape index (κ2) is 7.00. The fourth-order valence-corrected chi connectivity index (χ4v) is 3.23. The molecule has 6 heteroatoms. The van der Waals surface area contributed by atoms with E-state index >= 15 is 0 Å². The van der Waals surface area contributed by atoms with Crippen LogP contribution in [0.25, 0.3) is 0 Å². The normalized spacial score (nSPS) is 23.7. The Morgan fingerprint density at radius 1 is 1.22 bits per heavy atom. The van der Waals surface area contributed by atoms with Crippen LogP contribution in [-0.4, -0.2) is 54.3 Å². The number of hydrogen-bond acceptors (Lipinski definition) is 4. The first kappa shape index (κ1) is 15.8. The smallest absolute Gasteiger partial charge is 0.306 e. The Morgan fingerprint density at radius 3 is 2.87 bits per heavy atom. The molecule has 0 bridgehead atoms. The lowest BCUT2D eigenvalue weighted by atomic mass is 9.89. The molecule has 0 unspecified atom stereocenters. The summed E-state index contributed by atoms with van der Waals surface area (Å²) >= 11 is 0. The van der Waals surface area contributed by atoms with Crippen molar-refractivity contribution in [1.29, 1.82) is 0 Å². The minimum atomic E-state index is -0.900. The number of ether oxygens (including phenoxy) is 2. The zero-order chi connectivity index (χ0) is 16.2. The van der Waals surface area contributed by atoms with E-state index in [0.717, 1.165) is 17.7 Å². The molecule has 2 heterocycles. The van der Waals surface area contributed by atoms with E-state index in [2.05, 4.69) is 0 Å². The van der Waals surface area contributed by atoms with Gasteiger partial charge in [0, 0.05) is 19.5 Å². The number of hydrogen-bond donors (Lipinski definition) is 1. The van der Waals surface area contributed by atoms with Gasteiger partial charge >= 0.3 is 5.97 Å². The molecule has 2 atom stereocenters. The average Bonchev–Trinajstić information content (AvgIpc) is 2.55. The van der Waals surface area contributed by atoms with Crippen LogP contribution < -0.4 is 4.74 Å². The molecule has 0 radical (unpaired) electrons. The molecule has 2 aliphatic heterocycles. The number of para-hydroxylation sites is 1. The van der Waals surface area contributed by atoms with Gasteiger partial charge in [-0.2, -0.15) is 0 Å². The SMILES string of the molecule is O=C(O)C[C@H]1CN(C(=O)C[C@@H]2CCOc3ccccc32)CCO1. The molecule has 3 rings (SSSR count). The number of carbonyl (C=O) groups excluding carboxylic acids is 1. The first-order valence-corrected chi connectivity index (χ1v) is 7.96. The van der Waals surface area contributed by atoms with Gasteiger partial charge in [0.15, 0.2) is 0 Å². The van der Waals surface area contributed by atoms with E-state index in [4.69, 9.17) is 14.6 Å². The third-order valence-corrected chi connectivity index (χ3v) is 4.40. The minimum Gasteiger partial charge on any atom is -0.493 e. The van der Waals surface area contributed by atoms with Crippen LogP contribution in [0.4, 0.5) is 0 Å². The first-order chi connectivity index (χ1) is 11.1. The molecule has 2 aliphatic rings. The highest BCUT2D eigenvalue weighted by Gasteiger charge is 2.29. The van der Waals surface area contributed by atoms with Crippen molar-refractivity contribution in [3.05, 3.63) is 29.8 Å². The van der Waals surface area contributed by atoms with Crippen LogP contribution in [0.2, 0.25) is 0 Å². The summed E-state index contributed by atoms with van der Waals surface area (Å²) in [6.07, 6.45) is 0.780. The molecule has 124 valence electrons. The molecule has 0 aromatic heterocycles. The molecule has 1 aromatic carbocycles. The zero-order valence-corrected chi connectivity index (χ0v) is 12.9. The maximum Gasteiger partial charge on any atom is 0.306 e. The fraction of sp³-hybridized carbons (Fsp3) is 0.529. The number of rotatable bonds is 4. The molecule has 1 saturated heterocycles. The Labute approximate surface area is 135 Å². The summed E-state index contributed by atoms with van der Waals surface area (Å²) in [4.78, 5) is 25.1. The summed E-state index contributed by atoms with van der Waals surface area (Å²) in [5.41, 5.74) is 1.09. The monoisotopic (exact) mass is 319 g/mol. The van der Waals surface area contributed by atoms with Crippen LogP contribution in [0.15, 0.2) is 24.3 Å². The number of benzene rings is 1. The number of morpholine rings is 1. The van der Waals surface area contributed by atoms with Crippen LogP contribution in [0.5, 0.6) is 5.75 Å². The molecule has 1 amide bonds. The van der Waals surface area contributed by atoms with Gasteiger partial charge in [-0.15, -0.1) is 0 Å². The Hall–Kier alpha value is -2.08. The van der Waals surface area contributed by atoms with Gasteiger partial charge in [-0.05, 0) is 24.0 Å². The second-order valence-electron chi connectivity index (χ2n) is 6.01. The molecule has 0 saturated carbocycles. The van der Waals surface area contributed by atoms with Crippen LogP contribution in [0.1, 0.15) is 30.7 Å². The van der Waals surface area contributed by atoms with Gasteiger partial charge in [0.05, 0.1) is 25.7 Å². The van der Waals surface area contributed by atoms with E-state index in [1.165, 1.54) is 0 Å². The molecule has 23 heavy (non-hydrogen) atoms. The van der Waals surface area contributed by atoms with Crippen molar-refractivity contribution in [2.75, 3.05) is 26.3 Å². The van der Waals surface area contributed by atoms with E-state index in [9.17, 15) is 9.59 Å². The minimum absolute atomic E-state index is 0.0605. The molecule has 1 aromatic rings. The number of carboxylic acids is 1. The van der Waals surface area contributed by atoms with Crippen molar-refractivity contribution in [3.8, 4) is 5.75 Å². The molecular formula is C17H21NO5.